The van der Waals surface area contributed by atoms with Crippen molar-refractivity contribution in [1.29, 1.82) is 0 Å². The molecule has 0 bridgehead atoms. The molecule has 0 radical (unpaired) electrons. The fourth-order valence-electron chi connectivity index (χ4n) is 1.81. The monoisotopic (exact) mass is 309 g/mol. The Labute approximate surface area is 115 Å². The number of aryl methyl sites for hydroxylation is 2. The van der Waals surface area contributed by atoms with Gasteiger partial charge in [-0.1, -0.05) is 48.3 Å². The van der Waals surface area contributed by atoms with E-state index in [4.69, 9.17) is 4.98 Å². The Morgan fingerprint density at radius 1 is 1.18 bits per heavy atom. The van der Waals surface area contributed by atoms with E-state index in [9.17, 15) is 0 Å². The minimum Gasteiger partial charge on any atom is -0.241 e. The van der Waals surface area contributed by atoms with Crippen LogP contribution in [0, 0.1) is 0 Å². The second-order valence-electron chi connectivity index (χ2n) is 4.00. The van der Waals surface area contributed by atoms with Gasteiger partial charge in [0.05, 0.1) is 5.69 Å². The van der Waals surface area contributed by atoms with Crippen molar-refractivity contribution >= 4 is 27.3 Å². The first-order chi connectivity index (χ1) is 8.24. The second-order valence-corrected chi connectivity index (χ2v) is 6.00. The molecule has 2 rings (SSSR count). The van der Waals surface area contributed by atoms with Crippen LogP contribution in [0.2, 0.25) is 0 Å². The van der Waals surface area contributed by atoms with Crippen molar-refractivity contribution in [3.63, 3.8) is 0 Å². The third-order valence-electron chi connectivity index (χ3n) is 2.68. The summed E-state index contributed by atoms with van der Waals surface area (Å²) in [5.74, 6) is 0. The summed E-state index contributed by atoms with van der Waals surface area (Å²) in [6, 6.07) is 8.39. The molecule has 0 saturated heterocycles. The lowest BCUT2D eigenvalue weighted by molar-refractivity contribution is 0.876. The van der Waals surface area contributed by atoms with E-state index in [2.05, 4.69) is 54.0 Å². The van der Waals surface area contributed by atoms with Crippen molar-refractivity contribution in [3.8, 4) is 10.6 Å². The largest absolute Gasteiger partial charge is 0.241 e. The quantitative estimate of drug-likeness (QED) is 0.766. The van der Waals surface area contributed by atoms with Crippen molar-refractivity contribution in [2.24, 2.45) is 0 Å². The van der Waals surface area contributed by atoms with E-state index in [0.717, 1.165) is 28.7 Å². The first-order valence-electron chi connectivity index (χ1n) is 5.99. The van der Waals surface area contributed by atoms with E-state index in [-0.39, 0.29) is 0 Å². The highest BCUT2D eigenvalue weighted by molar-refractivity contribution is 9.10. The highest BCUT2D eigenvalue weighted by atomic mass is 79.9. The molecule has 90 valence electrons. The topological polar surface area (TPSA) is 12.9 Å². The third-order valence-corrected chi connectivity index (χ3v) is 4.50. The van der Waals surface area contributed by atoms with Crippen molar-refractivity contribution in [2.75, 3.05) is 0 Å². The Kier molecular flexibility index (Phi) is 4.35. The predicted octanol–water partition coefficient (Wildman–Crippen LogP) is 5.09. The maximum Gasteiger partial charge on any atom is 0.123 e. The fraction of sp³-hybridized carbons (Fsp3) is 0.357. The van der Waals surface area contributed by atoms with Crippen LogP contribution in [0.15, 0.2) is 28.7 Å². The molecule has 0 aliphatic rings. The van der Waals surface area contributed by atoms with Gasteiger partial charge in [-0.25, -0.2) is 4.98 Å². The van der Waals surface area contributed by atoms with Crippen molar-refractivity contribution in [3.05, 3.63) is 39.3 Å². The summed E-state index contributed by atoms with van der Waals surface area (Å²) >= 11 is 5.29. The maximum atomic E-state index is 4.77. The molecule has 0 spiro atoms. The Balaban J connectivity index is 2.35. The van der Waals surface area contributed by atoms with Crippen molar-refractivity contribution in [1.82, 2.24) is 4.98 Å². The molecule has 3 heteroatoms. The summed E-state index contributed by atoms with van der Waals surface area (Å²) in [6.07, 6.45) is 3.34. The van der Waals surface area contributed by atoms with Crippen LogP contribution in [0.25, 0.3) is 10.6 Å². The summed E-state index contributed by atoms with van der Waals surface area (Å²) in [6.45, 7) is 4.41. The third kappa shape index (κ3) is 2.96. The lowest BCUT2D eigenvalue weighted by Gasteiger charge is -1.96. The Morgan fingerprint density at radius 2 is 1.88 bits per heavy atom. The average Bonchev–Trinajstić information content (AvgIpc) is 2.74. The standard InChI is InChI=1S/C14H16BrNS/c1-3-5-12-13(4-2)17-14(16-12)10-6-8-11(15)9-7-10/h6-9H,3-5H2,1-2H3. The van der Waals surface area contributed by atoms with Gasteiger partial charge in [0.2, 0.25) is 0 Å². The van der Waals surface area contributed by atoms with Crippen LogP contribution in [0.5, 0.6) is 0 Å². The Morgan fingerprint density at radius 3 is 2.47 bits per heavy atom. The van der Waals surface area contributed by atoms with Crippen LogP contribution in [0.3, 0.4) is 0 Å². The number of nitrogens with zero attached hydrogens (tertiary/aromatic N) is 1. The van der Waals surface area contributed by atoms with Gasteiger partial charge in [-0.2, -0.15) is 0 Å². The van der Waals surface area contributed by atoms with Crippen LogP contribution >= 0.6 is 27.3 Å². The zero-order valence-electron chi connectivity index (χ0n) is 10.2. The van der Waals surface area contributed by atoms with Crippen LogP contribution in [-0.4, -0.2) is 4.98 Å². The molecule has 0 saturated carbocycles. The molecule has 2 aromatic rings. The van der Waals surface area contributed by atoms with Gasteiger partial charge in [0.25, 0.3) is 0 Å². The van der Waals surface area contributed by atoms with Gasteiger partial charge in [0.1, 0.15) is 5.01 Å². The molecular weight excluding hydrogens is 294 g/mol. The van der Waals surface area contributed by atoms with E-state index in [0.29, 0.717) is 0 Å². The van der Waals surface area contributed by atoms with E-state index >= 15 is 0 Å². The molecule has 1 nitrogen and oxygen atoms in total. The van der Waals surface area contributed by atoms with Crippen LogP contribution in [0.4, 0.5) is 0 Å². The number of thiazole rings is 1. The van der Waals surface area contributed by atoms with Crippen LogP contribution < -0.4 is 0 Å². The molecule has 0 amide bonds. The number of rotatable bonds is 4. The van der Waals surface area contributed by atoms with Crippen LogP contribution in [0.1, 0.15) is 30.8 Å². The Bertz CT molecular complexity index is 487. The number of hydrogen-bond acceptors (Lipinski definition) is 2. The lowest BCUT2D eigenvalue weighted by Crippen LogP contribution is -1.88. The second kappa shape index (κ2) is 5.78. The molecule has 0 aliphatic heterocycles. The van der Waals surface area contributed by atoms with E-state index < -0.39 is 0 Å². The van der Waals surface area contributed by atoms with Crippen molar-refractivity contribution in [2.45, 2.75) is 33.1 Å². The van der Waals surface area contributed by atoms with Gasteiger partial charge in [-0.05, 0) is 25.0 Å². The molecule has 1 heterocycles. The summed E-state index contributed by atoms with van der Waals surface area (Å²) in [4.78, 5) is 6.21. The first kappa shape index (κ1) is 12.8. The summed E-state index contributed by atoms with van der Waals surface area (Å²) < 4.78 is 1.11. The highest BCUT2D eigenvalue weighted by Crippen LogP contribution is 2.29. The predicted molar refractivity (Wildman–Crippen MR) is 78.6 cm³/mol. The smallest absolute Gasteiger partial charge is 0.123 e. The zero-order valence-corrected chi connectivity index (χ0v) is 12.6. The zero-order chi connectivity index (χ0) is 12.3. The minimum absolute atomic E-state index is 1.09. The Hall–Kier alpha value is -0.670. The molecule has 0 atom stereocenters. The number of aromatic nitrogens is 1. The lowest BCUT2D eigenvalue weighted by atomic mass is 10.2. The van der Waals surface area contributed by atoms with Gasteiger partial charge in [0, 0.05) is 14.9 Å². The fourth-order valence-corrected chi connectivity index (χ4v) is 3.12. The normalized spacial score (nSPS) is 10.8. The van der Waals surface area contributed by atoms with E-state index in [1.165, 1.54) is 16.1 Å². The van der Waals surface area contributed by atoms with Gasteiger partial charge >= 0.3 is 0 Å². The minimum atomic E-state index is 1.09. The summed E-state index contributed by atoms with van der Waals surface area (Å²) in [5.41, 5.74) is 2.51. The molecule has 1 aromatic carbocycles. The molecular formula is C14H16BrNS. The highest BCUT2D eigenvalue weighted by Gasteiger charge is 2.10. The van der Waals surface area contributed by atoms with Gasteiger partial charge in [-0.3, -0.25) is 0 Å². The summed E-state index contributed by atoms with van der Waals surface area (Å²) in [5, 5.41) is 1.15. The number of hydrogen-bond donors (Lipinski definition) is 0. The van der Waals surface area contributed by atoms with Crippen molar-refractivity contribution < 1.29 is 0 Å². The molecule has 0 aliphatic carbocycles. The van der Waals surface area contributed by atoms with Crippen LogP contribution in [-0.2, 0) is 12.8 Å². The van der Waals surface area contributed by atoms with Gasteiger partial charge < -0.3 is 0 Å². The first-order valence-corrected chi connectivity index (χ1v) is 7.60. The molecule has 0 fully saturated rings. The average molecular weight is 310 g/mol. The number of benzene rings is 1. The van der Waals surface area contributed by atoms with E-state index in [1.807, 2.05) is 11.3 Å². The molecule has 1 aromatic heterocycles. The summed E-state index contributed by atoms with van der Waals surface area (Å²) in [7, 11) is 0. The van der Waals surface area contributed by atoms with Gasteiger partial charge in [-0.15, -0.1) is 11.3 Å². The molecule has 17 heavy (non-hydrogen) atoms. The molecule has 0 unspecified atom stereocenters. The van der Waals surface area contributed by atoms with E-state index in [1.54, 1.807) is 0 Å². The molecule has 0 N–H and O–H groups in total. The maximum absolute atomic E-state index is 4.77. The number of halogens is 1. The SMILES string of the molecule is CCCc1nc(-c2ccc(Br)cc2)sc1CC. The van der Waals surface area contributed by atoms with Gasteiger partial charge in [0.15, 0.2) is 0 Å².